The lowest BCUT2D eigenvalue weighted by Gasteiger charge is -2.04. The molecule has 3 heteroatoms. The molecule has 0 fully saturated rings. The van der Waals surface area contributed by atoms with E-state index in [4.69, 9.17) is 0 Å². The summed E-state index contributed by atoms with van der Waals surface area (Å²) in [6.07, 6.45) is 3.96. The summed E-state index contributed by atoms with van der Waals surface area (Å²) in [4.78, 5) is 4.17. The molecule has 0 aromatic carbocycles. The first kappa shape index (κ1) is 12.4. The third kappa shape index (κ3) is 5.67. The normalized spacial score (nSPS) is 13.0. The molecule has 0 aliphatic carbocycles. The summed E-state index contributed by atoms with van der Waals surface area (Å²) in [7, 11) is -0.750. The van der Waals surface area contributed by atoms with Crippen molar-refractivity contribution in [3.05, 3.63) is 30.1 Å². The molecule has 84 valence electrons. The van der Waals surface area contributed by atoms with E-state index >= 15 is 0 Å². The molecule has 1 rings (SSSR count). The van der Waals surface area contributed by atoms with Gasteiger partial charge < -0.3 is 0 Å². The molecule has 0 aliphatic rings. The van der Waals surface area contributed by atoms with Crippen molar-refractivity contribution in [1.29, 1.82) is 0 Å². The van der Waals surface area contributed by atoms with E-state index in [1.165, 1.54) is 0 Å². The number of hydrogen-bond acceptors (Lipinski definition) is 2. The number of aromatic nitrogens is 1. The van der Waals surface area contributed by atoms with Crippen LogP contribution in [0.5, 0.6) is 0 Å². The van der Waals surface area contributed by atoms with Crippen molar-refractivity contribution in [2.45, 2.75) is 32.4 Å². The van der Waals surface area contributed by atoms with Gasteiger partial charge in [-0.25, -0.2) is 0 Å². The fourth-order valence-electron chi connectivity index (χ4n) is 1.37. The summed E-state index contributed by atoms with van der Waals surface area (Å²) in [5.74, 6) is 2.10. The van der Waals surface area contributed by atoms with Gasteiger partial charge >= 0.3 is 0 Å². The van der Waals surface area contributed by atoms with Crippen molar-refractivity contribution in [2.24, 2.45) is 5.92 Å². The first-order chi connectivity index (χ1) is 7.18. The molecule has 0 saturated heterocycles. The fraction of sp³-hybridized carbons (Fsp3) is 0.583. The van der Waals surface area contributed by atoms with E-state index in [1.54, 1.807) is 6.20 Å². The third-order valence-corrected chi connectivity index (χ3v) is 3.55. The van der Waals surface area contributed by atoms with Crippen molar-refractivity contribution >= 4 is 10.8 Å². The summed E-state index contributed by atoms with van der Waals surface area (Å²) >= 11 is 0. The van der Waals surface area contributed by atoms with Crippen LogP contribution in [0.25, 0.3) is 0 Å². The molecule has 0 unspecified atom stereocenters. The summed E-state index contributed by atoms with van der Waals surface area (Å²) in [5.41, 5.74) is 0.931. The molecule has 0 bridgehead atoms. The van der Waals surface area contributed by atoms with Gasteiger partial charge in [0.05, 0.1) is 11.4 Å². The highest BCUT2D eigenvalue weighted by atomic mass is 32.2. The van der Waals surface area contributed by atoms with Crippen LogP contribution < -0.4 is 0 Å². The van der Waals surface area contributed by atoms with E-state index in [2.05, 4.69) is 18.8 Å². The predicted molar refractivity (Wildman–Crippen MR) is 65.0 cm³/mol. The summed E-state index contributed by atoms with van der Waals surface area (Å²) in [6, 6.07) is 5.75. The number of hydrogen-bond donors (Lipinski definition) is 0. The van der Waals surface area contributed by atoms with Gasteiger partial charge in [-0.05, 0) is 24.5 Å². The van der Waals surface area contributed by atoms with Gasteiger partial charge in [0.2, 0.25) is 0 Å². The molecule has 1 aromatic rings. The van der Waals surface area contributed by atoms with Gasteiger partial charge in [0.1, 0.15) is 0 Å². The summed E-state index contributed by atoms with van der Waals surface area (Å²) in [5, 5.41) is 0. The molecule has 0 aliphatic heterocycles. The van der Waals surface area contributed by atoms with E-state index < -0.39 is 10.8 Å². The summed E-state index contributed by atoms with van der Waals surface area (Å²) < 4.78 is 11.7. The lowest BCUT2D eigenvalue weighted by Crippen LogP contribution is -2.03. The van der Waals surface area contributed by atoms with Gasteiger partial charge in [0.25, 0.3) is 0 Å². The average molecular weight is 225 g/mol. The van der Waals surface area contributed by atoms with Crippen molar-refractivity contribution in [3.8, 4) is 0 Å². The second-order valence-electron chi connectivity index (χ2n) is 4.15. The van der Waals surface area contributed by atoms with E-state index in [9.17, 15) is 4.21 Å². The lowest BCUT2D eigenvalue weighted by atomic mass is 10.1. The highest BCUT2D eigenvalue weighted by molar-refractivity contribution is 7.84. The molecule has 0 N–H and O–H groups in total. The number of nitrogens with zero attached hydrogens (tertiary/aromatic N) is 1. The first-order valence-corrected chi connectivity index (χ1v) is 6.92. The standard InChI is InChI=1S/C12H19NOS/c1-11(2)6-5-9-15(14)10-12-7-3-4-8-13-12/h3-4,7-8,11H,5-6,9-10H2,1-2H3/t15-/m1/s1. The van der Waals surface area contributed by atoms with E-state index in [0.717, 1.165) is 24.3 Å². The second kappa shape index (κ2) is 6.72. The van der Waals surface area contributed by atoms with Gasteiger partial charge in [0.15, 0.2) is 0 Å². The zero-order valence-electron chi connectivity index (χ0n) is 9.48. The van der Waals surface area contributed by atoms with Crippen molar-refractivity contribution in [1.82, 2.24) is 4.98 Å². The Morgan fingerprint density at radius 2 is 2.20 bits per heavy atom. The molecule has 0 radical (unpaired) electrons. The minimum Gasteiger partial charge on any atom is -0.260 e. The zero-order valence-corrected chi connectivity index (χ0v) is 10.3. The van der Waals surface area contributed by atoms with Crippen molar-refractivity contribution in [3.63, 3.8) is 0 Å². The second-order valence-corrected chi connectivity index (χ2v) is 5.72. The highest BCUT2D eigenvalue weighted by Crippen LogP contribution is 2.06. The van der Waals surface area contributed by atoms with Crippen molar-refractivity contribution < 1.29 is 4.21 Å². The molecule has 1 aromatic heterocycles. The maximum absolute atomic E-state index is 11.7. The molecule has 0 spiro atoms. The SMILES string of the molecule is CC(C)CCC[S@@](=O)Cc1ccccn1. The molecular formula is C12H19NOS. The van der Waals surface area contributed by atoms with E-state index in [0.29, 0.717) is 11.7 Å². The monoisotopic (exact) mass is 225 g/mol. The molecule has 1 atom stereocenters. The van der Waals surface area contributed by atoms with E-state index in [-0.39, 0.29) is 0 Å². The van der Waals surface area contributed by atoms with Crippen LogP contribution in [0.4, 0.5) is 0 Å². The Kier molecular flexibility index (Phi) is 5.54. The number of pyridine rings is 1. The Morgan fingerprint density at radius 3 is 2.80 bits per heavy atom. The Hall–Kier alpha value is -0.700. The molecule has 1 heterocycles. The van der Waals surface area contributed by atoms with Crippen LogP contribution in [-0.2, 0) is 16.6 Å². The van der Waals surface area contributed by atoms with Gasteiger partial charge in [-0.2, -0.15) is 0 Å². The molecule has 2 nitrogen and oxygen atoms in total. The Bertz CT molecular complexity index is 298. The molecule has 15 heavy (non-hydrogen) atoms. The maximum Gasteiger partial charge on any atom is 0.0658 e. The van der Waals surface area contributed by atoms with Gasteiger partial charge in [0, 0.05) is 22.7 Å². The molecule has 0 amide bonds. The van der Waals surface area contributed by atoms with Crippen LogP contribution in [0.1, 0.15) is 32.4 Å². The average Bonchev–Trinajstić information content (AvgIpc) is 2.18. The Balaban J connectivity index is 2.25. The van der Waals surface area contributed by atoms with Crippen LogP contribution in [0, 0.1) is 5.92 Å². The minimum absolute atomic E-state index is 0.596. The highest BCUT2D eigenvalue weighted by Gasteiger charge is 2.03. The Labute approximate surface area is 94.6 Å². The zero-order chi connectivity index (χ0) is 11.1. The number of rotatable bonds is 6. The first-order valence-electron chi connectivity index (χ1n) is 5.43. The predicted octanol–water partition coefficient (Wildman–Crippen LogP) is 2.77. The van der Waals surface area contributed by atoms with Crippen LogP contribution in [-0.4, -0.2) is 14.9 Å². The van der Waals surface area contributed by atoms with E-state index in [1.807, 2.05) is 18.2 Å². The van der Waals surface area contributed by atoms with Crippen LogP contribution >= 0.6 is 0 Å². The largest absolute Gasteiger partial charge is 0.260 e. The van der Waals surface area contributed by atoms with Gasteiger partial charge in [-0.15, -0.1) is 0 Å². The third-order valence-electron chi connectivity index (χ3n) is 2.19. The van der Waals surface area contributed by atoms with Gasteiger partial charge in [-0.3, -0.25) is 9.19 Å². The summed E-state index contributed by atoms with van der Waals surface area (Å²) in [6.45, 7) is 4.39. The lowest BCUT2D eigenvalue weighted by molar-refractivity contribution is 0.575. The molecular weight excluding hydrogens is 206 g/mol. The fourth-order valence-corrected chi connectivity index (χ4v) is 2.51. The van der Waals surface area contributed by atoms with Crippen LogP contribution in [0.3, 0.4) is 0 Å². The quantitative estimate of drug-likeness (QED) is 0.745. The molecule has 0 saturated carbocycles. The topological polar surface area (TPSA) is 30.0 Å². The van der Waals surface area contributed by atoms with Crippen LogP contribution in [0.2, 0.25) is 0 Å². The smallest absolute Gasteiger partial charge is 0.0658 e. The van der Waals surface area contributed by atoms with Crippen molar-refractivity contribution in [2.75, 3.05) is 5.75 Å². The minimum atomic E-state index is -0.750. The Morgan fingerprint density at radius 1 is 1.40 bits per heavy atom. The maximum atomic E-state index is 11.7. The van der Waals surface area contributed by atoms with Gasteiger partial charge in [-0.1, -0.05) is 26.3 Å². The van der Waals surface area contributed by atoms with Crippen LogP contribution in [0.15, 0.2) is 24.4 Å².